The van der Waals surface area contributed by atoms with E-state index in [1.54, 1.807) is 7.05 Å². The molecule has 1 aromatic heterocycles. The zero-order valence-electron chi connectivity index (χ0n) is 8.68. The molecule has 82 valence electrons. The summed E-state index contributed by atoms with van der Waals surface area (Å²) in [4.78, 5) is 15.8. The van der Waals surface area contributed by atoms with Gasteiger partial charge in [0.15, 0.2) is 0 Å². The predicted molar refractivity (Wildman–Crippen MR) is 55.5 cm³/mol. The van der Waals surface area contributed by atoms with Crippen molar-refractivity contribution in [2.75, 3.05) is 6.54 Å². The van der Waals surface area contributed by atoms with Crippen LogP contribution >= 0.6 is 0 Å². The molecule has 0 radical (unpaired) electrons. The van der Waals surface area contributed by atoms with Crippen molar-refractivity contribution in [3.8, 4) is 0 Å². The van der Waals surface area contributed by atoms with Crippen LogP contribution in [0.4, 0.5) is 0 Å². The molecule has 1 fully saturated rings. The molecule has 1 aliphatic rings. The average molecular weight is 209 g/mol. The molecule has 1 aliphatic heterocycles. The highest BCUT2D eigenvalue weighted by Crippen LogP contribution is 2.20. The molecule has 2 heterocycles. The number of aromatic nitrogens is 2. The van der Waals surface area contributed by atoms with Crippen LogP contribution in [-0.2, 0) is 7.05 Å². The zero-order chi connectivity index (χ0) is 10.8. The molecule has 0 saturated carbocycles. The van der Waals surface area contributed by atoms with Crippen LogP contribution in [0.3, 0.4) is 0 Å². The Morgan fingerprint density at radius 2 is 2.47 bits per heavy atom. The Kier molecular flexibility index (Phi) is 2.83. The van der Waals surface area contributed by atoms with E-state index in [1.165, 1.54) is 17.1 Å². The maximum absolute atomic E-state index is 11.8. The van der Waals surface area contributed by atoms with E-state index >= 15 is 0 Å². The van der Waals surface area contributed by atoms with Gasteiger partial charge >= 0.3 is 0 Å². The number of nitrogens with one attached hydrogen (secondary N) is 1. The van der Waals surface area contributed by atoms with Gasteiger partial charge < -0.3 is 15.0 Å². The lowest BCUT2D eigenvalue weighted by Gasteiger charge is -2.28. The van der Waals surface area contributed by atoms with Gasteiger partial charge in [-0.3, -0.25) is 4.79 Å². The summed E-state index contributed by atoms with van der Waals surface area (Å²) in [7, 11) is 1.66. The van der Waals surface area contributed by atoms with Gasteiger partial charge in [-0.25, -0.2) is 4.98 Å². The first kappa shape index (κ1) is 10.3. The standard InChI is InChI=1S/C10H15N3O2/c1-13-6-11-5-7(10(13)15)9-8(14)3-2-4-12-9/h5-6,8-9,12,14H,2-4H2,1H3. The second kappa shape index (κ2) is 4.12. The summed E-state index contributed by atoms with van der Waals surface area (Å²) in [6.45, 7) is 0.833. The van der Waals surface area contributed by atoms with Gasteiger partial charge in [-0.15, -0.1) is 0 Å². The number of piperidine rings is 1. The largest absolute Gasteiger partial charge is 0.391 e. The Bertz CT molecular complexity index is 402. The Labute approximate surface area is 87.8 Å². The molecule has 0 bridgehead atoms. The van der Waals surface area contributed by atoms with Gasteiger partial charge in [0.2, 0.25) is 0 Å². The Morgan fingerprint density at radius 1 is 1.67 bits per heavy atom. The van der Waals surface area contributed by atoms with E-state index in [1.807, 2.05) is 0 Å². The molecular weight excluding hydrogens is 194 g/mol. The van der Waals surface area contributed by atoms with Crippen molar-refractivity contribution in [3.05, 3.63) is 28.4 Å². The third kappa shape index (κ3) is 1.93. The molecule has 1 aromatic rings. The van der Waals surface area contributed by atoms with Crippen molar-refractivity contribution in [3.63, 3.8) is 0 Å². The van der Waals surface area contributed by atoms with Crippen LogP contribution in [0.2, 0.25) is 0 Å². The van der Waals surface area contributed by atoms with Crippen LogP contribution < -0.4 is 10.9 Å². The van der Waals surface area contributed by atoms with Crippen molar-refractivity contribution in [2.24, 2.45) is 7.05 Å². The minimum absolute atomic E-state index is 0.0940. The average Bonchev–Trinajstić information content (AvgIpc) is 2.23. The van der Waals surface area contributed by atoms with E-state index in [0.717, 1.165) is 19.4 Å². The predicted octanol–water partition coefficient (Wildman–Crippen LogP) is -0.434. The third-order valence-corrected chi connectivity index (χ3v) is 2.78. The van der Waals surface area contributed by atoms with Gasteiger partial charge in [0.25, 0.3) is 5.56 Å². The smallest absolute Gasteiger partial charge is 0.257 e. The molecule has 0 aliphatic carbocycles. The van der Waals surface area contributed by atoms with Crippen LogP contribution in [0.5, 0.6) is 0 Å². The molecule has 5 heteroatoms. The molecule has 0 amide bonds. The highest BCUT2D eigenvalue weighted by Gasteiger charge is 2.26. The summed E-state index contributed by atoms with van der Waals surface area (Å²) in [5.74, 6) is 0. The topological polar surface area (TPSA) is 67.2 Å². The molecule has 2 N–H and O–H groups in total. The van der Waals surface area contributed by atoms with Crippen molar-refractivity contribution in [2.45, 2.75) is 25.0 Å². The van der Waals surface area contributed by atoms with Crippen molar-refractivity contribution in [1.29, 1.82) is 0 Å². The van der Waals surface area contributed by atoms with E-state index in [9.17, 15) is 9.90 Å². The van der Waals surface area contributed by atoms with Crippen LogP contribution in [-0.4, -0.2) is 27.3 Å². The Balaban J connectivity index is 2.36. The summed E-state index contributed by atoms with van der Waals surface area (Å²) in [5, 5.41) is 12.9. The summed E-state index contributed by atoms with van der Waals surface area (Å²) in [6, 6.07) is -0.272. The van der Waals surface area contributed by atoms with Crippen LogP contribution in [0.15, 0.2) is 17.3 Å². The minimum Gasteiger partial charge on any atom is -0.391 e. The van der Waals surface area contributed by atoms with Gasteiger partial charge in [0.1, 0.15) is 0 Å². The molecule has 1 saturated heterocycles. The maximum Gasteiger partial charge on any atom is 0.257 e. The summed E-state index contributed by atoms with van der Waals surface area (Å²) < 4.78 is 1.43. The molecule has 5 nitrogen and oxygen atoms in total. The number of rotatable bonds is 1. The van der Waals surface area contributed by atoms with E-state index in [4.69, 9.17) is 0 Å². The highest BCUT2D eigenvalue weighted by molar-refractivity contribution is 5.13. The fourth-order valence-electron chi connectivity index (χ4n) is 1.93. The highest BCUT2D eigenvalue weighted by atomic mass is 16.3. The van der Waals surface area contributed by atoms with E-state index in [0.29, 0.717) is 5.56 Å². The van der Waals surface area contributed by atoms with Crippen molar-refractivity contribution in [1.82, 2.24) is 14.9 Å². The molecular formula is C10H15N3O2. The summed E-state index contributed by atoms with van der Waals surface area (Å²) in [6.07, 6.45) is 4.19. The lowest BCUT2D eigenvalue weighted by molar-refractivity contribution is 0.0955. The monoisotopic (exact) mass is 209 g/mol. The third-order valence-electron chi connectivity index (χ3n) is 2.78. The second-order valence-electron chi connectivity index (χ2n) is 3.91. The first-order valence-corrected chi connectivity index (χ1v) is 5.12. The second-order valence-corrected chi connectivity index (χ2v) is 3.91. The number of aliphatic hydroxyl groups is 1. The summed E-state index contributed by atoms with van der Waals surface area (Å²) >= 11 is 0. The lowest BCUT2D eigenvalue weighted by atomic mass is 9.96. The van der Waals surface area contributed by atoms with Gasteiger partial charge in [0.05, 0.1) is 24.0 Å². The molecule has 15 heavy (non-hydrogen) atoms. The number of aliphatic hydroxyl groups excluding tert-OH is 1. The first-order valence-electron chi connectivity index (χ1n) is 5.12. The fraction of sp³-hybridized carbons (Fsp3) is 0.600. The quantitative estimate of drug-likeness (QED) is 0.658. The van der Waals surface area contributed by atoms with E-state index < -0.39 is 6.10 Å². The van der Waals surface area contributed by atoms with E-state index in [-0.39, 0.29) is 11.6 Å². The molecule has 2 atom stereocenters. The summed E-state index contributed by atoms with van der Waals surface area (Å²) in [5.41, 5.74) is 0.454. The van der Waals surface area contributed by atoms with Crippen LogP contribution in [0, 0.1) is 0 Å². The molecule has 0 aromatic carbocycles. The van der Waals surface area contributed by atoms with Gasteiger partial charge in [-0.1, -0.05) is 0 Å². The van der Waals surface area contributed by atoms with Gasteiger partial charge in [0, 0.05) is 13.2 Å². The number of hydrogen-bond donors (Lipinski definition) is 2. The van der Waals surface area contributed by atoms with Crippen LogP contribution in [0.1, 0.15) is 24.4 Å². The Morgan fingerprint density at radius 3 is 3.20 bits per heavy atom. The number of hydrogen-bond acceptors (Lipinski definition) is 4. The molecule has 0 spiro atoms. The van der Waals surface area contributed by atoms with Gasteiger partial charge in [-0.2, -0.15) is 0 Å². The normalized spacial score (nSPS) is 26.5. The van der Waals surface area contributed by atoms with Crippen molar-refractivity contribution >= 4 is 0 Å². The molecule has 2 unspecified atom stereocenters. The first-order chi connectivity index (χ1) is 7.20. The fourth-order valence-corrected chi connectivity index (χ4v) is 1.93. The van der Waals surface area contributed by atoms with Gasteiger partial charge in [-0.05, 0) is 19.4 Å². The zero-order valence-corrected chi connectivity index (χ0v) is 8.68. The minimum atomic E-state index is -0.490. The lowest BCUT2D eigenvalue weighted by Crippen LogP contribution is -2.41. The van der Waals surface area contributed by atoms with E-state index in [2.05, 4.69) is 10.3 Å². The maximum atomic E-state index is 11.8. The SMILES string of the molecule is Cn1cncc(C2NCCCC2O)c1=O. The van der Waals surface area contributed by atoms with Crippen LogP contribution in [0.25, 0.3) is 0 Å². The Hall–Kier alpha value is -1.20. The molecule has 2 rings (SSSR count). The van der Waals surface area contributed by atoms with Crippen molar-refractivity contribution < 1.29 is 5.11 Å². The number of aryl methyl sites for hydroxylation is 1. The number of nitrogens with zero attached hydrogens (tertiary/aromatic N) is 2.